The summed E-state index contributed by atoms with van der Waals surface area (Å²) in [6.45, 7) is 3.74. The van der Waals surface area contributed by atoms with Crippen LogP contribution >= 0.6 is 12.2 Å². The Morgan fingerprint density at radius 2 is 2.24 bits per heavy atom. The van der Waals surface area contributed by atoms with Crippen LogP contribution in [0.4, 0.5) is 10.1 Å². The molecule has 0 bridgehead atoms. The average Bonchev–Trinajstić information content (AvgIpc) is 2.29. The first-order valence-electron chi connectivity index (χ1n) is 5.36. The molecule has 1 aromatic rings. The van der Waals surface area contributed by atoms with Gasteiger partial charge in [0.15, 0.2) is 0 Å². The summed E-state index contributed by atoms with van der Waals surface area (Å²) in [5.74, 6) is -0.676. The van der Waals surface area contributed by atoms with Crippen molar-refractivity contribution in [2.75, 3.05) is 5.32 Å². The van der Waals surface area contributed by atoms with Crippen LogP contribution < -0.4 is 11.1 Å². The monoisotopic (exact) mass is 254 g/mol. The molecule has 0 radical (unpaired) electrons. The lowest BCUT2D eigenvalue weighted by Crippen LogP contribution is -2.22. The number of thiocarbonyl (C=S) groups is 1. The Balaban J connectivity index is 2.98. The van der Waals surface area contributed by atoms with Gasteiger partial charge in [-0.3, -0.25) is 4.79 Å². The highest BCUT2D eigenvalue weighted by Crippen LogP contribution is 2.18. The fourth-order valence-electron chi connectivity index (χ4n) is 1.27. The molecule has 1 amide bonds. The van der Waals surface area contributed by atoms with E-state index >= 15 is 0 Å². The minimum absolute atomic E-state index is 0.0592. The van der Waals surface area contributed by atoms with Crippen molar-refractivity contribution >= 4 is 28.8 Å². The average molecular weight is 254 g/mol. The number of rotatable bonds is 4. The SMILES string of the molecule is CCC(C)C(=O)Nc1ccc(F)cc1C(N)=S. The van der Waals surface area contributed by atoms with Crippen LogP contribution in [0, 0.1) is 11.7 Å². The van der Waals surface area contributed by atoms with Gasteiger partial charge in [-0.2, -0.15) is 0 Å². The molecule has 0 saturated heterocycles. The van der Waals surface area contributed by atoms with Crippen molar-refractivity contribution in [1.29, 1.82) is 0 Å². The first-order valence-corrected chi connectivity index (χ1v) is 5.76. The number of hydrogen-bond acceptors (Lipinski definition) is 2. The van der Waals surface area contributed by atoms with Gasteiger partial charge < -0.3 is 11.1 Å². The Morgan fingerprint density at radius 3 is 2.76 bits per heavy atom. The maximum atomic E-state index is 13.0. The smallest absolute Gasteiger partial charge is 0.227 e. The molecule has 0 fully saturated rings. The first-order chi connectivity index (χ1) is 7.95. The van der Waals surface area contributed by atoms with Crippen LogP contribution in [0.3, 0.4) is 0 Å². The lowest BCUT2D eigenvalue weighted by atomic mass is 10.1. The van der Waals surface area contributed by atoms with Crippen LogP contribution in [0.15, 0.2) is 18.2 Å². The zero-order valence-corrected chi connectivity index (χ0v) is 10.6. The Kier molecular flexibility index (Phi) is 4.57. The molecule has 0 heterocycles. The molecule has 1 aromatic carbocycles. The van der Waals surface area contributed by atoms with E-state index in [-0.39, 0.29) is 16.8 Å². The first kappa shape index (κ1) is 13.6. The Morgan fingerprint density at radius 1 is 1.59 bits per heavy atom. The van der Waals surface area contributed by atoms with E-state index in [4.69, 9.17) is 18.0 Å². The highest BCUT2D eigenvalue weighted by molar-refractivity contribution is 7.80. The highest BCUT2D eigenvalue weighted by Gasteiger charge is 2.14. The number of amides is 1. The summed E-state index contributed by atoms with van der Waals surface area (Å²) in [4.78, 5) is 11.8. The van der Waals surface area contributed by atoms with Gasteiger partial charge >= 0.3 is 0 Å². The van der Waals surface area contributed by atoms with Crippen molar-refractivity contribution < 1.29 is 9.18 Å². The molecule has 0 aliphatic heterocycles. The van der Waals surface area contributed by atoms with Crippen LogP contribution in [-0.2, 0) is 4.79 Å². The van der Waals surface area contributed by atoms with E-state index in [9.17, 15) is 9.18 Å². The van der Waals surface area contributed by atoms with Crippen LogP contribution in [0.1, 0.15) is 25.8 Å². The third kappa shape index (κ3) is 3.49. The summed E-state index contributed by atoms with van der Waals surface area (Å²) in [5, 5.41) is 2.70. The number of carbonyl (C=O) groups excluding carboxylic acids is 1. The van der Waals surface area contributed by atoms with E-state index in [1.54, 1.807) is 0 Å². The predicted molar refractivity (Wildman–Crippen MR) is 70.4 cm³/mol. The van der Waals surface area contributed by atoms with E-state index in [0.717, 1.165) is 6.42 Å². The second kappa shape index (κ2) is 5.72. The topological polar surface area (TPSA) is 55.1 Å². The van der Waals surface area contributed by atoms with Gasteiger partial charge in [0.25, 0.3) is 0 Å². The quantitative estimate of drug-likeness (QED) is 0.811. The number of nitrogens with one attached hydrogen (secondary N) is 1. The summed E-state index contributed by atoms with van der Waals surface area (Å²) in [7, 11) is 0. The summed E-state index contributed by atoms with van der Waals surface area (Å²) in [5.41, 5.74) is 6.27. The molecule has 5 heteroatoms. The standard InChI is InChI=1S/C12H15FN2OS/c1-3-7(2)12(16)15-10-5-4-8(13)6-9(10)11(14)17/h4-7H,3H2,1-2H3,(H2,14,17)(H,15,16). The Hall–Kier alpha value is -1.49. The summed E-state index contributed by atoms with van der Waals surface area (Å²) in [6, 6.07) is 3.94. The fourth-order valence-corrected chi connectivity index (χ4v) is 1.44. The van der Waals surface area contributed by atoms with E-state index in [0.29, 0.717) is 11.3 Å². The highest BCUT2D eigenvalue weighted by atomic mass is 32.1. The molecule has 92 valence electrons. The van der Waals surface area contributed by atoms with Crippen molar-refractivity contribution in [1.82, 2.24) is 0 Å². The molecule has 3 N–H and O–H groups in total. The van der Waals surface area contributed by atoms with Crippen molar-refractivity contribution in [3.63, 3.8) is 0 Å². The number of anilines is 1. The predicted octanol–water partition coefficient (Wildman–Crippen LogP) is 2.44. The summed E-state index contributed by atoms with van der Waals surface area (Å²) < 4.78 is 13.0. The van der Waals surface area contributed by atoms with E-state index in [2.05, 4.69) is 5.32 Å². The molecule has 3 nitrogen and oxygen atoms in total. The van der Waals surface area contributed by atoms with Gasteiger partial charge in [-0.05, 0) is 24.6 Å². The van der Waals surface area contributed by atoms with Crippen LogP contribution in [-0.4, -0.2) is 10.9 Å². The van der Waals surface area contributed by atoms with E-state index in [1.807, 2.05) is 13.8 Å². The molecule has 17 heavy (non-hydrogen) atoms. The molecule has 0 spiro atoms. The Bertz CT molecular complexity index is 448. The molecule has 1 rings (SSSR count). The largest absolute Gasteiger partial charge is 0.389 e. The second-order valence-corrected chi connectivity index (χ2v) is 4.29. The number of nitrogens with two attached hydrogens (primary N) is 1. The minimum atomic E-state index is -0.436. The van der Waals surface area contributed by atoms with Gasteiger partial charge in [0.2, 0.25) is 5.91 Å². The van der Waals surface area contributed by atoms with Gasteiger partial charge in [-0.25, -0.2) is 4.39 Å². The maximum absolute atomic E-state index is 13.0. The molecule has 0 aliphatic rings. The van der Waals surface area contributed by atoms with Crippen molar-refractivity contribution in [3.05, 3.63) is 29.6 Å². The van der Waals surface area contributed by atoms with E-state index in [1.165, 1.54) is 18.2 Å². The van der Waals surface area contributed by atoms with Gasteiger partial charge in [-0.15, -0.1) is 0 Å². The number of hydrogen-bond donors (Lipinski definition) is 2. The lowest BCUT2D eigenvalue weighted by Gasteiger charge is -2.13. The fraction of sp³-hybridized carbons (Fsp3) is 0.333. The maximum Gasteiger partial charge on any atom is 0.227 e. The lowest BCUT2D eigenvalue weighted by molar-refractivity contribution is -0.119. The molecule has 0 aliphatic carbocycles. The number of benzene rings is 1. The van der Waals surface area contributed by atoms with Gasteiger partial charge in [-0.1, -0.05) is 26.1 Å². The summed E-state index contributed by atoms with van der Waals surface area (Å²) >= 11 is 4.82. The Labute approximate surface area is 105 Å². The number of carbonyl (C=O) groups is 1. The van der Waals surface area contributed by atoms with Crippen molar-refractivity contribution in [2.24, 2.45) is 11.7 Å². The normalized spacial score (nSPS) is 11.9. The molecule has 1 atom stereocenters. The van der Waals surface area contributed by atoms with E-state index < -0.39 is 5.82 Å². The zero-order chi connectivity index (χ0) is 13.0. The molecular formula is C12H15FN2OS. The van der Waals surface area contributed by atoms with Crippen molar-refractivity contribution in [3.8, 4) is 0 Å². The van der Waals surface area contributed by atoms with Crippen molar-refractivity contribution in [2.45, 2.75) is 20.3 Å². The van der Waals surface area contributed by atoms with Gasteiger partial charge in [0.1, 0.15) is 10.8 Å². The molecule has 0 saturated carbocycles. The second-order valence-electron chi connectivity index (χ2n) is 3.85. The molecular weight excluding hydrogens is 239 g/mol. The van der Waals surface area contributed by atoms with Crippen LogP contribution in [0.5, 0.6) is 0 Å². The zero-order valence-electron chi connectivity index (χ0n) is 9.79. The van der Waals surface area contributed by atoms with Gasteiger partial charge in [0.05, 0.1) is 5.69 Å². The van der Waals surface area contributed by atoms with Crippen LogP contribution in [0.2, 0.25) is 0 Å². The third-order valence-electron chi connectivity index (χ3n) is 2.56. The third-order valence-corrected chi connectivity index (χ3v) is 2.78. The number of halogens is 1. The molecule has 0 aromatic heterocycles. The minimum Gasteiger partial charge on any atom is -0.389 e. The van der Waals surface area contributed by atoms with Gasteiger partial charge in [0, 0.05) is 11.5 Å². The molecule has 1 unspecified atom stereocenters. The summed E-state index contributed by atoms with van der Waals surface area (Å²) in [6.07, 6.45) is 0.732. The van der Waals surface area contributed by atoms with Crippen LogP contribution in [0.25, 0.3) is 0 Å².